The van der Waals surface area contributed by atoms with E-state index in [0.717, 1.165) is 24.1 Å². The predicted octanol–water partition coefficient (Wildman–Crippen LogP) is 6.78. The van der Waals surface area contributed by atoms with Crippen LogP contribution in [-0.2, 0) is 16.7 Å². The molecule has 39 heavy (non-hydrogen) atoms. The zero-order valence-corrected chi connectivity index (χ0v) is 21.7. The SMILES string of the molecule is Fc1ccc(C2C[N+](Cc3ccccc3)(C(c3ccccc3)c3ccccc3)C2)cc1.O=S(=O)([O-])C(F)(F)F. The number of quaternary nitrogens is 1. The maximum absolute atomic E-state index is 13.5. The highest BCUT2D eigenvalue weighted by Gasteiger charge is 2.51. The van der Waals surface area contributed by atoms with Crippen LogP contribution < -0.4 is 0 Å². The summed E-state index contributed by atoms with van der Waals surface area (Å²) in [5, 5.41) is 0. The molecule has 0 amide bonds. The van der Waals surface area contributed by atoms with Crippen molar-refractivity contribution in [2.75, 3.05) is 13.1 Å². The van der Waals surface area contributed by atoms with E-state index in [9.17, 15) is 17.6 Å². The lowest BCUT2D eigenvalue weighted by Gasteiger charge is -2.55. The normalized spacial score (nSPS) is 19.1. The fourth-order valence-corrected chi connectivity index (χ4v) is 5.24. The molecule has 0 aliphatic carbocycles. The molecule has 1 heterocycles. The molecule has 0 spiro atoms. The molecule has 1 fully saturated rings. The maximum atomic E-state index is 13.5. The average molecular weight is 558 g/mol. The van der Waals surface area contributed by atoms with Crippen molar-refractivity contribution >= 4 is 10.1 Å². The van der Waals surface area contributed by atoms with E-state index in [2.05, 4.69) is 91.0 Å². The second-order valence-electron chi connectivity index (χ2n) is 9.60. The summed E-state index contributed by atoms with van der Waals surface area (Å²) in [6, 6.07) is 39.9. The smallest absolute Gasteiger partial charge is 0.485 e. The summed E-state index contributed by atoms with van der Waals surface area (Å²) in [6.07, 6.45) is 0. The van der Waals surface area contributed by atoms with E-state index >= 15 is 0 Å². The van der Waals surface area contributed by atoms with Crippen LogP contribution in [-0.4, -0.2) is 36.1 Å². The van der Waals surface area contributed by atoms with E-state index < -0.39 is 15.6 Å². The van der Waals surface area contributed by atoms with Crippen molar-refractivity contribution in [1.82, 2.24) is 0 Å². The summed E-state index contributed by atoms with van der Waals surface area (Å²) in [7, 11) is -6.09. The predicted molar refractivity (Wildman–Crippen MR) is 140 cm³/mol. The van der Waals surface area contributed by atoms with Crippen LogP contribution >= 0.6 is 0 Å². The van der Waals surface area contributed by atoms with Gasteiger partial charge in [-0.25, -0.2) is 12.8 Å². The number of nitrogens with zero attached hydrogens (tertiary/aromatic N) is 1. The molecule has 1 saturated heterocycles. The molecule has 0 bridgehead atoms. The van der Waals surface area contributed by atoms with Crippen molar-refractivity contribution in [3.8, 4) is 0 Å². The lowest BCUT2D eigenvalue weighted by molar-refractivity contribution is -1.00. The molecular weight excluding hydrogens is 530 g/mol. The highest BCUT2D eigenvalue weighted by Crippen LogP contribution is 2.47. The Kier molecular flexibility index (Phi) is 8.54. The molecular formula is C30H27F4NO3S. The van der Waals surface area contributed by atoms with Crippen LogP contribution in [0.2, 0.25) is 0 Å². The summed E-state index contributed by atoms with van der Waals surface area (Å²) >= 11 is 0. The van der Waals surface area contributed by atoms with Gasteiger partial charge in [-0.05, 0) is 17.7 Å². The van der Waals surface area contributed by atoms with Crippen LogP contribution in [0.4, 0.5) is 17.6 Å². The quantitative estimate of drug-likeness (QED) is 0.114. The zero-order valence-electron chi connectivity index (χ0n) is 20.8. The van der Waals surface area contributed by atoms with Gasteiger partial charge in [0.2, 0.25) is 0 Å². The molecule has 1 aliphatic rings. The molecule has 0 saturated carbocycles. The van der Waals surface area contributed by atoms with Crippen molar-refractivity contribution in [3.63, 3.8) is 0 Å². The van der Waals surface area contributed by atoms with Crippen molar-refractivity contribution < 1.29 is 35.0 Å². The first kappa shape index (κ1) is 28.5. The summed E-state index contributed by atoms with van der Waals surface area (Å²) in [5.74, 6) is 0.277. The lowest BCUT2D eigenvalue weighted by Crippen LogP contribution is -2.63. The van der Waals surface area contributed by atoms with Crippen molar-refractivity contribution in [2.45, 2.75) is 24.0 Å². The first-order valence-corrected chi connectivity index (χ1v) is 13.7. The van der Waals surface area contributed by atoms with Gasteiger partial charge in [-0.2, -0.15) is 13.2 Å². The molecule has 204 valence electrons. The first-order chi connectivity index (χ1) is 18.5. The van der Waals surface area contributed by atoms with Crippen molar-refractivity contribution in [2.24, 2.45) is 0 Å². The molecule has 0 radical (unpaired) electrons. The molecule has 0 N–H and O–H groups in total. The molecule has 4 aromatic carbocycles. The van der Waals surface area contributed by atoms with E-state index in [0.29, 0.717) is 5.92 Å². The van der Waals surface area contributed by atoms with Crippen molar-refractivity contribution in [1.29, 1.82) is 0 Å². The molecule has 0 aromatic heterocycles. The number of likely N-dealkylation sites (tertiary alicyclic amines) is 1. The monoisotopic (exact) mass is 557 g/mol. The van der Waals surface area contributed by atoms with Gasteiger partial charge in [-0.3, -0.25) is 0 Å². The maximum Gasteiger partial charge on any atom is 0.485 e. The lowest BCUT2D eigenvalue weighted by atomic mass is 9.82. The number of benzene rings is 4. The van der Waals surface area contributed by atoms with Crippen LogP contribution in [0, 0.1) is 5.82 Å². The number of rotatable bonds is 6. The third-order valence-corrected chi connectivity index (χ3v) is 7.48. The standard InChI is InChI=1S/C29H27FN.CHF3O3S/c30-28-18-16-24(17-19-28)27-21-31(22-27,20-23-10-4-1-5-11-23)29(25-12-6-2-7-13-25)26-14-8-3-9-15-26;2-1(3,4)8(5,6)7/h1-19,27,29H,20-22H2;(H,5,6,7)/q+1;/p-1. The van der Waals surface area contributed by atoms with Gasteiger partial charge in [0, 0.05) is 16.7 Å². The van der Waals surface area contributed by atoms with E-state index in [1.807, 2.05) is 12.1 Å². The molecule has 1 aliphatic heterocycles. The second-order valence-corrected chi connectivity index (χ2v) is 11.0. The number of alkyl halides is 3. The van der Waals surface area contributed by atoms with Gasteiger partial charge in [0.15, 0.2) is 10.1 Å². The molecule has 5 rings (SSSR count). The Balaban J connectivity index is 0.000000386. The van der Waals surface area contributed by atoms with Gasteiger partial charge in [0.1, 0.15) is 18.4 Å². The van der Waals surface area contributed by atoms with Crippen LogP contribution in [0.5, 0.6) is 0 Å². The van der Waals surface area contributed by atoms with E-state index in [-0.39, 0.29) is 11.9 Å². The summed E-state index contributed by atoms with van der Waals surface area (Å²) in [4.78, 5) is 0. The topological polar surface area (TPSA) is 57.2 Å². The second kappa shape index (κ2) is 11.7. The van der Waals surface area contributed by atoms with Gasteiger partial charge in [-0.15, -0.1) is 0 Å². The Morgan fingerprint density at radius 3 is 1.56 bits per heavy atom. The first-order valence-electron chi connectivity index (χ1n) is 12.3. The van der Waals surface area contributed by atoms with E-state index in [1.54, 1.807) is 12.1 Å². The van der Waals surface area contributed by atoms with Crippen molar-refractivity contribution in [3.05, 3.63) is 143 Å². The van der Waals surface area contributed by atoms with E-state index in [1.165, 1.54) is 22.3 Å². The third kappa shape index (κ3) is 6.92. The Morgan fingerprint density at radius 1 is 0.744 bits per heavy atom. The van der Waals surface area contributed by atoms with E-state index in [4.69, 9.17) is 13.0 Å². The van der Waals surface area contributed by atoms with Gasteiger partial charge >= 0.3 is 5.51 Å². The zero-order chi connectivity index (χ0) is 28.1. The largest absolute Gasteiger partial charge is 0.741 e. The Labute approximate surface area is 225 Å². The van der Waals surface area contributed by atoms with Crippen LogP contribution in [0.3, 0.4) is 0 Å². The molecule has 9 heteroatoms. The fourth-order valence-electron chi connectivity index (χ4n) is 5.24. The highest BCUT2D eigenvalue weighted by molar-refractivity contribution is 7.86. The molecule has 0 unspecified atom stereocenters. The van der Waals surface area contributed by atoms with Crippen LogP contribution in [0.15, 0.2) is 115 Å². The van der Waals surface area contributed by atoms with Gasteiger partial charge in [0.05, 0.1) is 19.0 Å². The minimum Gasteiger partial charge on any atom is -0.741 e. The Morgan fingerprint density at radius 2 is 1.15 bits per heavy atom. The molecule has 4 nitrogen and oxygen atoms in total. The summed E-state index contributed by atoms with van der Waals surface area (Å²) in [6.45, 7) is 3.05. The summed E-state index contributed by atoms with van der Waals surface area (Å²) in [5.41, 5.74) is -0.350. The minimum absolute atomic E-state index is 0.167. The fraction of sp³-hybridized carbons (Fsp3) is 0.200. The Bertz CT molecular complexity index is 1400. The molecule has 4 aromatic rings. The summed E-state index contributed by atoms with van der Waals surface area (Å²) < 4.78 is 73.4. The van der Waals surface area contributed by atoms with Gasteiger partial charge in [-0.1, -0.05) is 103 Å². The number of halogens is 4. The molecule has 0 atom stereocenters. The van der Waals surface area contributed by atoms with Crippen LogP contribution in [0.25, 0.3) is 0 Å². The van der Waals surface area contributed by atoms with Gasteiger partial charge in [0.25, 0.3) is 0 Å². The number of hydrogen-bond donors (Lipinski definition) is 0. The Hall–Kier alpha value is -3.53. The third-order valence-electron chi connectivity index (χ3n) is 6.91. The number of hydrogen-bond acceptors (Lipinski definition) is 3. The minimum atomic E-state index is -6.09. The highest BCUT2D eigenvalue weighted by atomic mass is 32.2. The van der Waals surface area contributed by atoms with Gasteiger partial charge < -0.3 is 9.04 Å². The average Bonchev–Trinajstić information content (AvgIpc) is 2.89. The van der Waals surface area contributed by atoms with Crippen LogP contribution in [0.1, 0.15) is 34.2 Å².